The summed E-state index contributed by atoms with van der Waals surface area (Å²) in [4.78, 5) is 0. The lowest BCUT2D eigenvalue weighted by atomic mass is 10.3. The smallest absolute Gasteiger partial charge is 0.342 e. The van der Waals surface area contributed by atoms with Crippen LogP contribution in [0.1, 0.15) is 11.4 Å². The number of hydrogen-bond acceptors (Lipinski definition) is 1. The van der Waals surface area contributed by atoms with Crippen molar-refractivity contribution < 1.29 is 26.3 Å². The Labute approximate surface area is 131 Å². The first-order chi connectivity index (χ1) is 9.40. The molecule has 2 nitrogen and oxygen atoms in total. The van der Waals surface area contributed by atoms with E-state index in [2.05, 4.69) is 0 Å². The highest BCUT2D eigenvalue weighted by molar-refractivity contribution is 7.71. The molecule has 1 rings (SSSR count). The lowest BCUT2D eigenvalue weighted by Gasteiger charge is -2.23. The summed E-state index contributed by atoms with van der Waals surface area (Å²) in [5.41, 5.74) is -3.32. The van der Waals surface area contributed by atoms with Crippen LogP contribution in [-0.2, 0) is 12.4 Å². The Kier molecular flexibility index (Phi) is 4.63. The highest BCUT2D eigenvalue weighted by Crippen LogP contribution is 2.43. The normalized spacial score (nSPS) is 14.5. The van der Waals surface area contributed by atoms with Gasteiger partial charge in [-0.05, 0) is 12.2 Å². The van der Waals surface area contributed by atoms with Crippen molar-refractivity contribution in [1.29, 1.82) is 0 Å². The number of halogens is 6. The van der Waals surface area contributed by atoms with E-state index in [0.29, 0.717) is 8.47 Å². The van der Waals surface area contributed by atoms with Crippen LogP contribution in [0.4, 0.5) is 26.3 Å². The topological polar surface area (TPSA) is 9.86 Å². The van der Waals surface area contributed by atoms with Crippen molar-refractivity contribution in [3.8, 4) is 0 Å². The van der Waals surface area contributed by atoms with E-state index in [1.807, 2.05) is 0 Å². The van der Waals surface area contributed by atoms with Crippen LogP contribution in [0.3, 0.4) is 0 Å². The van der Waals surface area contributed by atoms with E-state index < -0.39 is 40.2 Å². The van der Waals surface area contributed by atoms with Gasteiger partial charge in [0.25, 0.3) is 0 Å². The number of imidazole rings is 1. The molecule has 0 unspecified atom stereocenters. The number of nitrogens with zero attached hydrogens (tertiary/aromatic N) is 2. The van der Waals surface area contributed by atoms with Crippen LogP contribution in [0.25, 0.3) is 0 Å². The van der Waals surface area contributed by atoms with E-state index in [9.17, 15) is 26.3 Å². The molecule has 11 heteroatoms. The van der Waals surface area contributed by atoms with Crippen LogP contribution >= 0.6 is 12.2 Å². The van der Waals surface area contributed by atoms with Gasteiger partial charge in [0.2, 0.25) is 0 Å². The fourth-order valence-corrected chi connectivity index (χ4v) is 7.35. The molecule has 1 aromatic heterocycles. The van der Waals surface area contributed by atoms with Gasteiger partial charge in [-0.3, -0.25) is 0 Å². The van der Waals surface area contributed by atoms with Gasteiger partial charge in [0, 0.05) is 0 Å². The summed E-state index contributed by atoms with van der Waals surface area (Å²) in [6, 6.07) is 0. The number of rotatable bonds is 2. The van der Waals surface area contributed by atoms with E-state index in [-0.39, 0.29) is 4.77 Å². The summed E-state index contributed by atoms with van der Waals surface area (Å²) in [5.74, 6) is 0. The van der Waals surface area contributed by atoms with Crippen molar-refractivity contribution in [3.05, 3.63) is 16.2 Å². The highest BCUT2D eigenvalue weighted by Gasteiger charge is 2.52. The van der Waals surface area contributed by atoms with Gasteiger partial charge in [0.1, 0.15) is 11.4 Å². The molecule has 0 saturated carbocycles. The summed E-state index contributed by atoms with van der Waals surface area (Å²) in [6.07, 6.45) is -10.2. The molecule has 0 atom stereocenters. The van der Waals surface area contributed by atoms with E-state index >= 15 is 0 Å². The van der Waals surface area contributed by atoms with Gasteiger partial charge >= 0.3 is 12.4 Å². The second-order valence-corrected chi connectivity index (χ2v) is 16.9. The molecule has 0 aliphatic rings. The Bertz CT molecular complexity index is 575. The van der Waals surface area contributed by atoms with Crippen LogP contribution < -0.4 is 0 Å². The van der Waals surface area contributed by atoms with Crippen LogP contribution in [0, 0.1) is 4.77 Å². The molecule has 0 radical (unpaired) electrons. The molecule has 0 aromatic carbocycles. The third kappa shape index (κ3) is 3.50. The van der Waals surface area contributed by atoms with Crippen LogP contribution in [0.2, 0.25) is 39.3 Å². The minimum absolute atomic E-state index is 0.377. The predicted octanol–water partition coefficient (Wildman–Crippen LogP) is 5.42. The van der Waals surface area contributed by atoms with E-state index in [1.165, 1.54) is 39.3 Å². The Balaban J connectivity index is 4.17. The quantitative estimate of drug-likeness (QED) is 0.378. The summed E-state index contributed by atoms with van der Waals surface area (Å²) in [5, 5.41) is 0. The zero-order chi connectivity index (χ0) is 17.9. The molecule has 0 saturated heterocycles. The molecule has 128 valence electrons. The lowest BCUT2D eigenvalue weighted by Crippen LogP contribution is -2.37. The summed E-state index contributed by atoms with van der Waals surface area (Å²) in [7, 11) is -5.61. The summed E-state index contributed by atoms with van der Waals surface area (Å²) < 4.78 is 81.5. The first kappa shape index (κ1) is 19.5. The van der Waals surface area contributed by atoms with Gasteiger partial charge < -0.3 is 8.47 Å². The van der Waals surface area contributed by atoms with Crippen LogP contribution in [-0.4, -0.2) is 24.9 Å². The van der Waals surface area contributed by atoms with Gasteiger partial charge in [-0.2, -0.15) is 26.3 Å². The molecule has 0 N–H and O–H groups in total. The Morgan fingerprint density at radius 3 is 1.05 bits per heavy atom. The molecule has 0 amide bonds. The molecule has 1 heterocycles. The van der Waals surface area contributed by atoms with Crippen molar-refractivity contribution in [2.75, 3.05) is 0 Å². The van der Waals surface area contributed by atoms with Gasteiger partial charge in [-0.1, -0.05) is 39.3 Å². The predicted molar refractivity (Wildman–Crippen MR) is 80.7 cm³/mol. The minimum Gasteiger partial charge on any atom is -0.342 e. The monoisotopic (exact) mass is 380 g/mol. The molecular formula is C11H18F6N2SSi2. The van der Waals surface area contributed by atoms with Gasteiger partial charge in [-0.25, -0.2) is 0 Å². The Hall–Kier alpha value is -0.556. The second-order valence-electron chi connectivity index (χ2n) is 6.99. The van der Waals surface area contributed by atoms with Gasteiger partial charge in [0.15, 0.2) is 21.2 Å². The van der Waals surface area contributed by atoms with Crippen molar-refractivity contribution in [3.63, 3.8) is 0 Å². The maximum atomic E-state index is 13.4. The fraction of sp³-hybridized carbons (Fsp3) is 0.727. The molecule has 1 aromatic rings. The van der Waals surface area contributed by atoms with E-state index in [1.54, 1.807) is 0 Å². The maximum Gasteiger partial charge on any atom is 0.432 e. The third-order valence-corrected chi connectivity index (χ3v) is 7.18. The average molecular weight is 381 g/mol. The number of hydrogen-bond donors (Lipinski definition) is 0. The molecular weight excluding hydrogens is 362 g/mol. The average Bonchev–Trinajstić information content (AvgIpc) is 2.48. The first-order valence-electron chi connectivity index (χ1n) is 6.43. The lowest BCUT2D eigenvalue weighted by molar-refractivity contribution is -0.167. The second kappa shape index (κ2) is 5.23. The van der Waals surface area contributed by atoms with Crippen molar-refractivity contribution in [1.82, 2.24) is 8.47 Å². The minimum atomic E-state index is -5.12. The highest BCUT2D eigenvalue weighted by atomic mass is 32.1. The largest absolute Gasteiger partial charge is 0.432 e. The van der Waals surface area contributed by atoms with Crippen molar-refractivity contribution in [2.45, 2.75) is 51.6 Å². The Morgan fingerprint density at radius 1 is 0.682 bits per heavy atom. The molecule has 0 aliphatic heterocycles. The molecule has 0 fully saturated rings. The van der Waals surface area contributed by atoms with E-state index in [0.717, 1.165) is 0 Å². The zero-order valence-corrected chi connectivity index (χ0v) is 15.9. The fourth-order valence-electron chi connectivity index (χ4n) is 2.27. The van der Waals surface area contributed by atoms with Crippen molar-refractivity contribution >= 4 is 28.7 Å². The van der Waals surface area contributed by atoms with Crippen LogP contribution in [0.15, 0.2) is 0 Å². The van der Waals surface area contributed by atoms with Crippen LogP contribution in [0.5, 0.6) is 0 Å². The molecule has 22 heavy (non-hydrogen) atoms. The summed E-state index contributed by atoms with van der Waals surface area (Å²) >= 11 is 5.03. The molecule has 0 spiro atoms. The number of aromatic nitrogens is 2. The maximum absolute atomic E-state index is 13.4. The standard InChI is InChI=1S/C11H18F6N2SSi2/c1-21(2,3)18-7(10(12,13)14)8(11(15,16)17)19(9(18)20)22(4,5)6/h1-6H3. The third-order valence-electron chi connectivity index (χ3n) is 2.93. The van der Waals surface area contributed by atoms with Gasteiger partial charge in [0.05, 0.1) is 0 Å². The zero-order valence-electron chi connectivity index (χ0n) is 13.1. The van der Waals surface area contributed by atoms with Crippen molar-refractivity contribution in [2.24, 2.45) is 0 Å². The summed E-state index contributed by atoms with van der Waals surface area (Å²) in [6.45, 7) is 9.21. The van der Waals surface area contributed by atoms with E-state index in [4.69, 9.17) is 12.2 Å². The SMILES string of the molecule is C[Si](C)(C)n1c(C(F)(F)F)c(C(F)(F)F)n([Si](C)(C)C)c1=S. The van der Waals surface area contributed by atoms with Gasteiger partial charge in [-0.15, -0.1) is 0 Å². The molecule has 0 bridgehead atoms. The Morgan fingerprint density at radius 2 is 0.909 bits per heavy atom. The first-order valence-corrected chi connectivity index (χ1v) is 13.7. The number of alkyl halides is 6. The molecule has 0 aliphatic carbocycles.